The molecule has 1 amide bonds. The van der Waals surface area contributed by atoms with Gasteiger partial charge in [0.2, 0.25) is 15.9 Å². The lowest BCUT2D eigenvalue weighted by atomic mass is 10.0. The molecule has 1 fully saturated rings. The summed E-state index contributed by atoms with van der Waals surface area (Å²) in [5.41, 5.74) is 2.32. The molecule has 0 aliphatic carbocycles. The van der Waals surface area contributed by atoms with Crippen molar-refractivity contribution in [3.05, 3.63) is 34.9 Å². The number of hydrogen-bond acceptors (Lipinski definition) is 4. The van der Waals surface area contributed by atoms with Crippen molar-refractivity contribution in [1.82, 2.24) is 9.62 Å². The first-order chi connectivity index (χ1) is 11.2. The van der Waals surface area contributed by atoms with Crippen molar-refractivity contribution in [2.75, 3.05) is 18.8 Å². The minimum absolute atomic E-state index is 0.0617. The Bertz CT molecular complexity index is 725. The van der Waals surface area contributed by atoms with Gasteiger partial charge in [-0.2, -0.15) is 0 Å². The van der Waals surface area contributed by atoms with E-state index in [4.69, 9.17) is 0 Å². The van der Waals surface area contributed by atoms with Crippen molar-refractivity contribution in [2.24, 2.45) is 0 Å². The van der Waals surface area contributed by atoms with Crippen LogP contribution in [-0.2, 0) is 19.6 Å². The van der Waals surface area contributed by atoms with Gasteiger partial charge in [0.05, 0.1) is 5.75 Å². The Balaban J connectivity index is 2.02. The predicted octanol–water partition coefficient (Wildman–Crippen LogP) is 0.971. The molecular formula is C16H22N2O5S. The summed E-state index contributed by atoms with van der Waals surface area (Å²) in [4.78, 5) is 23.6. The van der Waals surface area contributed by atoms with E-state index >= 15 is 0 Å². The Morgan fingerprint density at radius 2 is 1.88 bits per heavy atom. The first kappa shape index (κ1) is 18.4. The minimum atomic E-state index is -3.25. The first-order valence-electron chi connectivity index (χ1n) is 7.77. The molecule has 1 saturated heterocycles. The largest absolute Gasteiger partial charge is 0.479 e. The summed E-state index contributed by atoms with van der Waals surface area (Å²) in [6.45, 7) is 4.20. The Kier molecular flexibility index (Phi) is 5.61. The summed E-state index contributed by atoms with van der Waals surface area (Å²) in [7, 11) is -3.25. The molecule has 0 spiro atoms. The number of carboxylic acids is 1. The molecule has 1 atom stereocenters. The van der Waals surface area contributed by atoms with E-state index in [1.54, 1.807) is 12.1 Å². The van der Waals surface area contributed by atoms with Gasteiger partial charge in [-0.15, -0.1) is 0 Å². The van der Waals surface area contributed by atoms with Crippen LogP contribution in [0.15, 0.2) is 18.2 Å². The molecule has 8 heteroatoms. The number of sulfonamides is 1. The van der Waals surface area contributed by atoms with Gasteiger partial charge in [0.1, 0.15) is 0 Å². The van der Waals surface area contributed by atoms with Crippen LogP contribution in [-0.4, -0.2) is 48.5 Å². The highest BCUT2D eigenvalue weighted by Gasteiger charge is 2.29. The Morgan fingerprint density at radius 1 is 1.25 bits per heavy atom. The second-order valence-corrected chi connectivity index (χ2v) is 8.17. The zero-order chi connectivity index (χ0) is 17.9. The van der Waals surface area contributed by atoms with Crippen LogP contribution in [0.4, 0.5) is 0 Å². The maximum atomic E-state index is 12.1. The molecule has 2 rings (SSSR count). The van der Waals surface area contributed by atoms with Gasteiger partial charge in [-0.25, -0.2) is 17.5 Å². The molecule has 1 unspecified atom stereocenters. The Hall–Kier alpha value is -1.93. The molecule has 7 nitrogen and oxygen atoms in total. The van der Waals surface area contributed by atoms with Crippen LogP contribution >= 0.6 is 0 Å². The van der Waals surface area contributed by atoms with E-state index < -0.39 is 27.9 Å². The third kappa shape index (κ3) is 4.55. The highest BCUT2D eigenvalue weighted by atomic mass is 32.2. The van der Waals surface area contributed by atoms with E-state index in [2.05, 4.69) is 5.32 Å². The van der Waals surface area contributed by atoms with Gasteiger partial charge in [-0.1, -0.05) is 29.3 Å². The lowest BCUT2D eigenvalue weighted by molar-refractivity contribution is -0.142. The third-order valence-electron chi connectivity index (χ3n) is 3.92. The minimum Gasteiger partial charge on any atom is -0.479 e. The second kappa shape index (κ2) is 7.31. The number of hydrogen-bond donors (Lipinski definition) is 2. The summed E-state index contributed by atoms with van der Waals surface area (Å²) in [5, 5.41) is 11.9. The summed E-state index contributed by atoms with van der Waals surface area (Å²) in [6, 6.07) is 4.21. The topological polar surface area (TPSA) is 104 Å². The highest BCUT2D eigenvalue weighted by molar-refractivity contribution is 7.89. The highest BCUT2D eigenvalue weighted by Crippen LogP contribution is 2.18. The van der Waals surface area contributed by atoms with Gasteiger partial charge >= 0.3 is 5.97 Å². The number of benzene rings is 1. The van der Waals surface area contributed by atoms with E-state index in [0.717, 1.165) is 11.1 Å². The molecule has 0 saturated carbocycles. The lowest BCUT2D eigenvalue weighted by Gasteiger charge is -2.18. The number of nitrogens with zero attached hydrogens (tertiary/aromatic N) is 1. The van der Waals surface area contributed by atoms with Gasteiger partial charge in [-0.05, 0) is 25.8 Å². The molecule has 1 aliphatic heterocycles. The molecule has 24 heavy (non-hydrogen) atoms. The number of carbonyl (C=O) groups excluding carboxylic acids is 1. The number of rotatable bonds is 6. The molecule has 2 N–H and O–H groups in total. The predicted molar refractivity (Wildman–Crippen MR) is 89.0 cm³/mol. The second-order valence-electron chi connectivity index (χ2n) is 6.08. The monoisotopic (exact) mass is 354 g/mol. The van der Waals surface area contributed by atoms with E-state index in [1.165, 1.54) is 4.31 Å². The van der Waals surface area contributed by atoms with E-state index in [-0.39, 0.29) is 18.7 Å². The van der Waals surface area contributed by atoms with E-state index in [0.29, 0.717) is 18.5 Å². The molecule has 132 valence electrons. The molecule has 0 radical (unpaired) electrons. The van der Waals surface area contributed by atoms with Gasteiger partial charge < -0.3 is 10.4 Å². The molecule has 1 aromatic carbocycles. The fourth-order valence-electron chi connectivity index (χ4n) is 2.87. The average molecular weight is 354 g/mol. The van der Waals surface area contributed by atoms with Crippen molar-refractivity contribution in [3.8, 4) is 0 Å². The number of carbonyl (C=O) groups is 2. The van der Waals surface area contributed by atoms with Crippen molar-refractivity contribution >= 4 is 21.9 Å². The number of nitrogens with one attached hydrogen (secondary N) is 1. The van der Waals surface area contributed by atoms with Crippen LogP contribution < -0.4 is 5.32 Å². The maximum Gasteiger partial charge on any atom is 0.330 e. The molecule has 1 aliphatic rings. The summed E-state index contributed by atoms with van der Waals surface area (Å²) in [5.74, 6) is -1.53. The Morgan fingerprint density at radius 3 is 2.38 bits per heavy atom. The van der Waals surface area contributed by atoms with Gasteiger partial charge in [0.15, 0.2) is 6.04 Å². The van der Waals surface area contributed by atoms with Crippen LogP contribution in [0.3, 0.4) is 0 Å². The van der Waals surface area contributed by atoms with Crippen LogP contribution in [0.5, 0.6) is 0 Å². The third-order valence-corrected chi connectivity index (χ3v) is 5.88. The van der Waals surface area contributed by atoms with Crippen molar-refractivity contribution in [2.45, 2.75) is 32.7 Å². The zero-order valence-electron chi connectivity index (χ0n) is 13.8. The van der Waals surface area contributed by atoms with Crippen molar-refractivity contribution in [3.63, 3.8) is 0 Å². The van der Waals surface area contributed by atoms with Gasteiger partial charge in [0, 0.05) is 19.5 Å². The van der Waals surface area contributed by atoms with E-state index in [9.17, 15) is 23.1 Å². The maximum absolute atomic E-state index is 12.1. The average Bonchev–Trinajstić information content (AvgIpc) is 2.79. The van der Waals surface area contributed by atoms with Gasteiger partial charge in [0.25, 0.3) is 0 Å². The molecule has 1 heterocycles. The fraction of sp³-hybridized carbons (Fsp3) is 0.500. The summed E-state index contributed by atoms with van der Waals surface area (Å²) >= 11 is 0. The van der Waals surface area contributed by atoms with E-state index in [1.807, 2.05) is 19.9 Å². The number of aryl methyl sites for hydroxylation is 2. The molecule has 1 aromatic rings. The number of amides is 1. The Labute approximate surface area is 141 Å². The molecule has 0 bridgehead atoms. The quantitative estimate of drug-likeness (QED) is 0.792. The standard InChI is InChI=1S/C16H22N2O5S/c1-11-8-12(2)10-13(9-11)15(16(20)21)17-14(19)4-6-18-5-3-7-24(18,22)23/h8-10,15H,3-7H2,1-2H3,(H,17,19)(H,20,21). The summed E-state index contributed by atoms with van der Waals surface area (Å²) in [6.07, 6.45) is 0.498. The van der Waals surface area contributed by atoms with Crippen molar-refractivity contribution < 1.29 is 23.1 Å². The van der Waals surface area contributed by atoms with Crippen LogP contribution in [0.1, 0.15) is 35.6 Å². The first-order valence-corrected chi connectivity index (χ1v) is 9.38. The fourth-order valence-corrected chi connectivity index (χ4v) is 4.39. The summed E-state index contributed by atoms with van der Waals surface area (Å²) < 4.78 is 24.7. The number of aliphatic carboxylic acids is 1. The van der Waals surface area contributed by atoms with Crippen LogP contribution in [0.25, 0.3) is 0 Å². The SMILES string of the molecule is Cc1cc(C)cc(C(NC(=O)CCN2CCCS2(=O)=O)C(=O)O)c1. The molecule has 0 aromatic heterocycles. The normalized spacial score (nSPS) is 18.2. The lowest BCUT2D eigenvalue weighted by Crippen LogP contribution is -2.36. The number of carboxylic acid groups (broad SMARTS) is 1. The molecular weight excluding hydrogens is 332 g/mol. The zero-order valence-corrected chi connectivity index (χ0v) is 14.6. The van der Waals surface area contributed by atoms with Crippen LogP contribution in [0, 0.1) is 13.8 Å². The smallest absolute Gasteiger partial charge is 0.330 e. The van der Waals surface area contributed by atoms with Gasteiger partial charge in [-0.3, -0.25) is 4.79 Å². The van der Waals surface area contributed by atoms with Crippen LogP contribution in [0.2, 0.25) is 0 Å². The van der Waals surface area contributed by atoms with Crippen molar-refractivity contribution in [1.29, 1.82) is 0 Å².